The predicted octanol–water partition coefficient (Wildman–Crippen LogP) is 2.58. The summed E-state index contributed by atoms with van der Waals surface area (Å²) in [6.45, 7) is 6.56. The molecule has 2 unspecified atom stereocenters. The van der Waals surface area contributed by atoms with Gasteiger partial charge in [-0.25, -0.2) is 0 Å². The average molecular weight is 211 g/mol. The van der Waals surface area contributed by atoms with E-state index >= 15 is 0 Å². The van der Waals surface area contributed by atoms with Crippen LogP contribution >= 0.6 is 0 Å². The van der Waals surface area contributed by atoms with Gasteiger partial charge in [0.2, 0.25) is 0 Å². The van der Waals surface area contributed by atoms with Crippen LogP contribution in [0.5, 0.6) is 0 Å². The molecule has 0 spiro atoms. The van der Waals surface area contributed by atoms with Gasteiger partial charge in [0.1, 0.15) is 0 Å². The molecule has 1 aliphatic carbocycles. The summed E-state index contributed by atoms with van der Waals surface area (Å²) in [5.74, 6) is 1.83. The van der Waals surface area contributed by atoms with E-state index in [-0.39, 0.29) is 0 Å². The molecule has 0 aromatic rings. The summed E-state index contributed by atoms with van der Waals surface area (Å²) in [6, 6.07) is 1.43. The summed E-state index contributed by atoms with van der Waals surface area (Å²) in [7, 11) is 0. The van der Waals surface area contributed by atoms with Crippen molar-refractivity contribution in [3.05, 3.63) is 0 Å². The average Bonchev–Trinajstić information content (AvgIpc) is 2.11. The van der Waals surface area contributed by atoms with Crippen molar-refractivity contribution in [1.29, 1.82) is 0 Å². The maximum absolute atomic E-state index is 5.21. The number of hydrogen-bond donors (Lipinski definition) is 1. The van der Waals surface area contributed by atoms with Crippen molar-refractivity contribution in [2.75, 3.05) is 13.2 Å². The SMILES string of the molecule is CC(C)CC1CCCC(NC2COC2)C1. The number of nitrogens with one attached hydrogen (secondary N) is 1. The molecule has 0 amide bonds. The molecule has 1 heterocycles. The maximum Gasteiger partial charge on any atom is 0.0643 e. The fraction of sp³-hybridized carbons (Fsp3) is 1.00. The van der Waals surface area contributed by atoms with E-state index < -0.39 is 0 Å². The summed E-state index contributed by atoms with van der Waals surface area (Å²) in [4.78, 5) is 0. The fourth-order valence-corrected chi connectivity index (χ4v) is 2.99. The molecule has 2 nitrogen and oxygen atoms in total. The number of hydrogen-bond acceptors (Lipinski definition) is 2. The second-order valence-corrected chi connectivity index (χ2v) is 5.76. The van der Waals surface area contributed by atoms with Gasteiger partial charge in [-0.2, -0.15) is 0 Å². The van der Waals surface area contributed by atoms with Crippen molar-refractivity contribution in [1.82, 2.24) is 5.32 Å². The van der Waals surface area contributed by atoms with E-state index in [0.29, 0.717) is 6.04 Å². The Bertz CT molecular complexity index is 189. The van der Waals surface area contributed by atoms with Crippen molar-refractivity contribution in [2.24, 2.45) is 11.8 Å². The third-order valence-corrected chi connectivity index (χ3v) is 3.70. The fourth-order valence-electron chi connectivity index (χ4n) is 2.99. The second kappa shape index (κ2) is 5.31. The predicted molar refractivity (Wildman–Crippen MR) is 62.9 cm³/mol. The maximum atomic E-state index is 5.21. The third-order valence-electron chi connectivity index (χ3n) is 3.70. The monoisotopic (exact) mass is 211 g/mol. The lowest BCUT2D eigenvalue weighted by atomic mass is 9.81. The van der Waals surface area contributed by atoms with Crippen molar-refractivity contribution in [3.8, 4) is 0 Å². The Balaban J connectivity index is 1.71. The lowest BCUT2D eigenvalue weighted by molar-refractivity contribution is -0.0134. The molecule has 0 aromatic heterocycles. The molecule has 1 saturated heterocycles. The number of ether oxygens (including phenoxy) is 1. The number of rotatable bonds is 4. The molecule has 15 heavy (non-hydrogen) atoms. The summed E-state index contributed by atoms with van der Waals surface area (Å²) in [5, 5.41) is 3.73. The highest BCUT2D eigenvalue weighted by atomic mass is 16.5. The van der Waals surface area contributed by atoms with Gasteiger partial charge in [0.05, 0.1) is 19.3 Å². The van der Waals surface area contributed by atoms with E-state index in [4.69, 9.17) is 4.74 Å². The van der Waals surface area contributed by atoms with E-state index in [1.165, 1.54) is 32.1 Å². The Morgan fingerprint density at radius 3 is 2.60 bits per heavy atom. The molecule has 1 saturated carbocycles. The molecule has 1 aliphatic heterocycles. The van der Waals surface area contributed by atoms with Crippen LogP contribution in [0.25, 0.3) is 0 Å². The minimum atomic E-state index is 0.660. The normalized spacial score (nSPS) is 33.0. The van der Waals surface area contributed by atoms with E-state index in [9.17, 15) is 0 Å². The Kier molecular flexibility index (Phi) is 4.04. The van der Waals surface area contributed by atoms with Gasteiger partial charge < -0.3 is 10.1 Å². The van der Waals surface area contributed by atoms with Crippen molar-refractivity contribution in [3.63, 3.8) is 0 Å². The highest BCUT2D eigenvalue weighted by molar-refractivity contribution is 4.83. The molecular weight excluding hydrogens is 186 g/mol. The van der Waals surface area contributed by atoms with Gasteiger partial charge in [0.15, 0.2) is 0 Å². The van der Waals surface area contributed by atoms with Crippen molar-refractivity contribution < 1.29 is 4.74 Å². The van der Waals surface area contributed by atoms with E-state index in [1.54, 1.807) is 0 Å². The van der Waals surface area contributed by atoms with Gasteiger partial charge in [-0.15, -0.1) is 0 Å². The molecule has 2 aliphatic rings. The van der Waals surface area contributed by atoms with E-state index in [2.05, 4.69) is 19.2 Å². The highest BCUT2D eigenvalue weighted by Crippen LogP contribution is 2.29. The highest BCUT2D eigenvalue weighted by Gasteiger charge is 2.26. The van der Waals surface area contributed by atoms with Crippen LogP contribution in [-0.4, -0.2) is 25.3 Å². The smallest absolute Gasteiger partial charge is 0.0643 e. The summed E-state index contributed by atoms with van der Waals surface area (Å²) in [6.07, 6.45) is 7.07. The molecule has 2 rings (SSSR count). The van der Waals surface area contributed by atoms with Gasteiger partial charge in [-0.3, -0.25) is 0 Å². The van der Waals surface area contributed by atoms with Crippen LogP contribution in [0.4, 0.5) is 0 Å². The zero-order valence-electron chi connectivity index (χ0n) is 10.2. The summed E-state index contributed by atoms with van der Waals surface area (Å²) < 4.78 is 5.21. The molecule has 2 heteroatoms. The molecule has 0 bridgehead atoms. The topological polar surface area (TPSA) is 21.3 Å². The first-order valence-electron chi connectivity index (χ1n) is 6.58. The van der Waals surface area contributed by atoms with Crippen molar-refractivity contribution in [2.45, 2.75) is 58.0 Å². The van der Waals surface area contributed by atoms with Crippen molar-refractivity contribution >= 4 is 0 Å². The molecular formula is C13H25NO. The zero-order valence-corrected chi connectivity index (χ0v) is 10.2. The van der Waals surface area contributed by atoms with E-state index in [0.717, 1.165) is 31.1 Å². The molecule has 2 atom stereocenters. The molecule has 1 N–H and O–H groups in total. The third kappa shape index (κ3) is 3.46. The Morgan fingerprint density at radius 1 is 1.20 bits per heavy atom. The lowest BCUT2D eigenvalue weighted by Gasteiger charge is -2.36. The van der Waals surface area contributed by atoms with Gasteiger partial charge in [-0.1, -0.05) is 26.7 Å². The first-order valence-corrected chi connectivity index (χ1v) is 6.58. The van der Waals surface area contributed by atoms with Crippen LogP contribution < -0.4 is 5.32 Å². The molecule has 2 fully saturated rings. The quantitative estimate of drug-likeness (QED) is 0.771. The van der Waals surface area contributed by atoms with Gasteiger partial charge in [0, 0.05) is 6.04 Å². The largest absolute Gasteiger partial charge is 0.378 e. The first-order chi connectivity index (χ1) is 7.24. The molecule has 0 radical (unpaired) electrons. The Hall–Kier alpha value is -0.0800. The van der Waals surface area contributed by atoms with Gasteiger partial charge in [0.25, 0.3) is 0 Å². The van der Waals surface area contributed by atoms with Gasteiger partial charge in [-0.05, 0) is 31.1 Å². The Labute approximate surface area is 93.8 Å². The van der Waals surface area contributed by atoms with Crippen LogP contribution in [0, 0.1) is 11.8 Å². The summed E-state index contributed by atoms with van der Waals surface area (Å²) in [5.41, 5.74) is 0. The van der Waals surface area contributed by atoms with E-state index in [1.807, 2.05) is 0 Å². The Morgan fingerprint density at radius 2 is 2.00 bits per heavy atom. The standard InChI is InChI=1S/C13H25NO/c1-10(2)6-11-4-3-5-12(7-11)14-13-8-15-9-13/h10-14H,3-9H2,1-2H3. The summed E-state index contributed by atoms with van der Waals surface area (Å²) >= 11 is 0. The minimum Gasteiger partial charge on any atom is -0.378 e. The zero-order chi connectivity index (χ0) is 10.7. The van der Waals surface area contributed by atoms with Crippen LogP contribution in [0.15, 0.2) is 0 Å². The first kappa shape index (κ1) is 11.4. The lowest BCUT2D eigenvalue weighted by Crippen LogP contribution is -2.51. The van der Waals surface area contributed by atoms with Crippen LogP contribution in [-0.2, 0) is 4.74 Å². The minimum absolute atomic E-state index is 0.660. The second-order valence-electron chi connectivity index (χ2n) is 5.76. The van der Waals surface area contributed by atoms with Crippen LogP contribution in [0.3, 0.4) is 0 Å². The van der Waals surface area contributed by atoms with Gasteiger partial charge >= 0.3 is 0 Å². The van der Waals surface area contributed by atoms with Crippen LogP contribution in [0.2, 0.25) is 0 Å². The van der Waals surface area contributed by atoms with Crippen LogP contribution in [0.1, 0.15) is 46.0 Å². The molecule has 0 aromatic carbocycles. The molecule has 88 valence electrons.